The van der Waals surface area contributed by atoms with Crippen LogP contribution in [0.3, 0.4) is 0 Å². The van der Waals surface area contributed by atoms with E-state index in [-0.39, 0.29) is 31.1 Å². The van der Waals surface area contributed by atoms with E-state index in [1.54, 1.807) is 0 Å². The van der Waals surface area contributed by atoms with Gasteiger partial charge in [-0.25, -0.2) is 0 Å². The lowest BCUT2D eigenvalue weighted by atomic mass is 9.99. The molecule has 0 N–H and O–H groups in total. The molecule has 0 spiro atoms. The smallest absolute Gasteiger partial charge is 0.306 e. The maximum atomic E-state index is 12.7. The lowest BCUT2D eigenvalue weighted by Gasteiger charge is -2.18. The molecule has 0 saturated heterocycles. The highest BCUT2D eigenvalue weighted by Crippen LogP contribution is 2.18. The number of hydrogen-bond acceptors (Lipinski definition) is 6. The molecule has 0 aliphatic rings. The predicted octanol–water partition coefficient (Wildman–Crippen LogP) is 17.3. The van der Waals surface area contributed by atoms with E-state index in [4.69, 9.17) is 14.2 Å². The first kappa shape index (κ1) is 58.4. The van der Waals surface area contributed by atoms with Crippen LogP contribution in [0.4, 0.5) is 0 Å². The van der Waals surface area contributed by atoms with E-state index >= 15 is 0 Å². The molecule has 6 nitrogen and oxygen atoms in total. The molecule has 0 heterocycles. The molecule has 2 unspecified atom stereocenters. The monoisotopic (exact) mass is 849 g/mol. The minimum Gasteiger partial charge on any atom is -0.462 e. The van der Waals surface area contributed by atoms with E-state index in [1.165, 1.54) is 186 Å². The highest BCUT2D eigenvalue weighted by atomic mass is 16.6. The Morgan fingerprint density at radius 2 is 0.583 bits per heavy atom. The molecule has 0 amide bonds. The molecule has 0 aromatic heterocycles. The van der Waals surface area contributed by atoms with E-state index in [0.717, 1.165) is 69.6 Å². The van der Waals surface area contributed by atoms with Crippen LogP contribution in [-0.4, -0.2) is 37.2 Å². The molecule has 0 bridgehead atoms. The van der Waals surface area contributed by atoms with E-state index in [0.29, 0.717) is 19.3 Å². The minimum atomic E-state index is -0.761. The average Bonchev–Trinajstić information content (AvgIpc) is 3.25. The Hall–Kier alpha value is -1.59. The van der Waals surface area contributed by atoms with Crippen LogP contribution >= 0.6 is 0 Å². The summed E-state index contributed by atoms with van der Waals surface area (Å²) in [6.07, 6.45) is 48.1. The fraction of sp³-hybridized carbons (Fsp3) is 0.944. The van der Waals surface area contributed by atoms with Crippen molar-refractivity contribution in [3.63, 3.8) is 0 Å². The largest absolute Gasteiger partial charge is 0.462 e. The molecule has 0 rings (SSSR count). The van der Waals surface area contributed by atoms with Gasteiger partial charge in [0, 0.05) is 19.3 Å². The standard InChI is InChI=1S/C54H104O6/c1-6-9-10-11-12-13-25-29-36-41-46-54(57)60-51(48-59-53(56)45-40-35-31-30-33-38-43-50(5)8-3)47-58-52(55)44-39-34-28-26-23-21-19-17-15-14-16-18-20-22-24-27-32-37-42-49(4)7-2/h49-51H,6-48H2,1-5H3/t49?,50?,51-/m0/s1. The topological polar surface area (TPSA) is 78.9 Å². The van der Waals surface area contributed by atoms with Gasteiger partial charge in [0.05, 0.1) is 0 Å². The highest BCUT2D eigenvalue weighted by molar-refractivity contribution is 5.71. The molecular formula is C54H104O6. The van der Waals surface area contributed by atoms with Gasteiger partial charge >= 0.3 is 17.9 Å². The Labute approximate surface area is 374 Å². The Morgan fingerprint density at radius 1 is 0.333 bits per heavy atom. The predicted molar refractivity (Wildman–Crippen MR) is 256 cm³/mol. The molecule has 3 atom stereocenters. The van der Waals surface area contributed by atoms with Gasteiger partial charge in [-0.15, -0.1) is 0 Å². The van der Waals surface area contributed by atoms with Crippen molar-refractivity contribution in [1.29, 1.82) is 0 Å². The van der Waals surface area contributed by atoms with Crippen LogP contribution in [0, 0.1) is 11.8 Å². The fourth-order valence-corrected chi connectivity index (χ4v) is 8.10. The molecule has 0 aliphatic carbocycles. The van der Waals surface area contributed by atoms with Gasteiger partial charge < -0.3 is 14.2 Å². The van der Waals surface area contributed by atoms with Crippen LogP contribution in [0.1, 0.15) is 298 Å². The lowest BCUT2D eigenvalue weighted by Crippen LogP contribution is -2.30. The lowest BCUT2D eigenvalue weighted by molar-refractivity contribution is -0.167. The second-order valence-corrected chi connectivity index (χ2v) is 19.0. The number of esters is 3. The number of rotatable bonds is 48. The van der Waals surface area contributed by atoms with E-state index in [2.05, 4.69) is 34.6 Å². The number of unbranched alkanes of at least 4 members (excludes halogenated alkanes) is 31. The number of hydrogen-bond donors (Lipinski definition) is 0. The van der Waals surface area contributed by atoms with Crippen molar-refractivity contribution in [2.24, 2.45) is 11.8 Å². The molecule has 60 heavy (non-hydrogen) atoms. The van der Waals surface area contributed by atoms with Gasteiger partial charge in [0.25, 0.3) is 0 Å². The number of carbonyl (C=O) groups excluding carboxylic acids is 3. The molecule has 0 radical (unpaired) electrons. The number of carbonyl (C=O) groups is 3. The summed E-state index contributed by atoms with van der Waals surface area (Å²) in [6, 6.07) is 0. The van der Waals surface area contributed by atoms with Crippen LogP contribution in [0.2, 0.25) is 0 Å². The first-order chi connectivity index (χ1) is 29.3. The molecular weight excluding hydrogens is 745 g/mol. The zero-order valence-electron chi connectivity index (χ0n) is 41.1. The van der Waals surface area contributed by atoms with Crippen molar-refractivity contribution in [2.45, 2.75) is 304 Å². The van der Waals surface area contributed by atoms with Gasteiger partial charge in [-0.1, -0.05) is 259 Å². The molecule has 0 aromatic rings. The normalized spacial score (nSPS) is 12.9. The Morgan fingerprint density at radius 3 is 0.867 bits per heavy atom. The van der Waals surface area contributed by atoms with Gasteiger partial charge in [0.15, 0.2) is 6.10 Å². The summed E-state index contributed by atoms with van der Waals surface area (Å²) >= 11 is 0. The quantitative estimate of drug-likeness (QED) is 0.0345. The Balaban J connectivity index is 4.15. The SMILES string of the molecule is CCCCCCCCCCCCC(=O)O[C@@H](COC(=O)CCCCCCCCCCCCCCCCCCCCC(C)CC)COC(=O)CCCCCCCCC(C)CC. The summed E-state index contributed by atoms with van der Waals surface area (Å²) in [5.74, 6) is 0.873. The van der Waals surface area contributed by atoms with Crippen molar-refractivity contribution >= 4 is 17.9 Å². The summed E-state index contributed by atoms with van der Waals surface area (Å²) in [5.41, 5.74) is 0. The average molecular weight is 849 g/mol. The van der Waals surface area contributed by atoms with E-state index < -0.39 is 6.10 Å². The fourth-order valence-electron chi connectivity index (χ4n) is 8.10. The van der Waals surface area contributed by atoms with Crippen LogP contribution in [-0.2, 0) is 28.6 Å². The zero-order valence-corrected chi connectivity index (χ0v) is 41.1. The Bertz CT molecular complexity index is 920. The molecule has 0 fully saturated rings. The third kappa shape index (κ3) is 44.5. The minimum absolute atomic E-state index is 0.0642. The van der Waals surface area contributed by atoms with Crippen molar-refractivity contribution < 1.29 is 28.6 Å². The van der Waals surface area contributed by atoms with Crippen molar-refractivity contribution in [3.05, 3.63) is 0 Å². The van der Waals surface area contributed by atoms with E-state index in [9.17, 15) is 14.4 Å². The molecule has 0 aliphatic heterocycles. The van der Waals surface area contributed by atoms with Gasteiger partial charge in [-0.05, 0) is 31.1 Å². The highest BCUT2D eigenvalue weighted by Gasteiger charge is 2.19. The summed E-state index contributed by atoms with van der Waals surface area (Å²) < 4.78 is 16.8. The van der Waals surface area contributed by atoms with Crippen LogP contribution in [0.5, 0.6) is 0 Å². The first-order valence-electron chi connectivity index (χ1n) is 26.8. The van der Waals surface area contributed by atoms with Gasteiger partial charge in [-0.3, -0.25) is 14.4 Å². The van der Waals surface area contributed by atoms with E-state index in [1.807, 2.05) is 0 Å². The van der Waals surface area contributed by atoms with Crippen LogP contribution in [0.15, 0.2) is 0 Å². The maximum absolute atomic E-state index is 12.7. The van der Waals surface area contributed by atoms with Gasteiger partial charge in [0.2, 0.25) is 0 Å². The zero-order chi connectivity index (χ0) is 44.0. The summed E-state index contributed by atoms with van der Waals surface area (Å²) in [7, 11) is 0. The maximum Gasteiger partial charge on any atom is 0.306 e. The van der Waals surface area contributed by atoms with Crippen LogP contribution < -0.4 is 0 Å². The third-order valence-corrected chi connectivity index (χ3v) is 12.9. The van der Waals surface area contributed by atoms with Gasteiger partial charge in [-0.2, -0.15) is 0 Å². The van der Waals surface area contributed by atoms with Gasteiger partial charge in [0.1, 0.15) is 13.2 Å². The van der Waals surface area contributed by atoms with Crippen LogP contribution in [0.25, 0.3) is 0 Å². The molecule has 6 heteroatoms. The second kappa shape index (κ2) is 46.9. The van der Waals surface area contributed by atoms with Crippen molar-refractivity contribution in [1.82, 2.24) is 0 Å². The van der Waals surface area contributed by atoms with Crippen molar-refractivity contribution in [3.8, 4) is 0 Å². The molecule has 356 valence electrons. The third-order valence-electron chi connectivity index (χ3n) is 12.9. The Kier molecular flexibility index (Phi) is 45.7. The first-order valence-corrected chi connectivity index (χ1v) is 26.8. The number of ether oxygens (including phenoxy) is 3. The summed E-state index contributed by atoms with van der Waals surface area (Å²) in [4.78, 5) is 37.9. The van der Waals surface area contributed by atoms with Crippen molar-refractivity contribution in [2.75, 3.05) is 13.2 Å². The molecule has 0 saturated carbocycles. The summed E-state index contributed by atoms with van der Waals surface area (Å²) in [6.45, 7) is 11.4. The second-order valence-electron chi connectivity index (χ2n) is 19.0. The summed E-state index contributed by atoms with van der Waals surface area (Å²) in [5, 5.41) is 0. The molecule has 0 aromatic carbocycles.